The SMILES string of the molecule is Cc1ncc([N+](=O)[O-])n1CCN(CCO)C(C)C. The van der Waals surface area contributed by atoms with Crippen LogP contribution in [0.15, 0.2) is 6.20 Å². The molecule has 1 aromatic rings. The zero-order valence-electron chi connectivity index (χ0n) is 11.0. The molecule has 0 bridgehead atoms. The second kappa shape index (κ2) is 6.46. The maximum Gasteiger partial charge on any atom is 0.342 e. The van der Waals surface area contributed by atoms with Gasteiger partial charge in [0.15, 0.2) is 5.82 Å². The van der Waals surface area contributed by atoms with Gasteiger partial charge in [0.2, 0.25) is 0 Å². The largest absolute Gasteiger partial charge is 0.395 e. The summed E-state index contributed by atoms with van der Waals surface area (Å²) in [5.41, 5.74) is 0. The molecule has 0 saturated carbocycles. The standard InChI is InChI=1S/C11H20N4O3/c1-9(2)13(6-7-16)4-5-14-10(3)12-8-11(14)15(17)18/h8-9,16H,4-7H2,1-3H3. The highest BCUT2D eigenvalue weighted by molar-refractivity contribution is 5.18. The van der Waals surface area contributed by atoms with Crippen molar-refractivity contribution in [3.63, 3.8) is 0 Å². The summed E-state index contributed by atoms with van der Waals surface area (Å²) in [6.45, 7) is 7.62. The van der Waals surface area contributed by atoms with Crippen LogP contribution < -0.4 is 0 Å². The van der Waals surface area contributed by atoms with E-state index in [1.54, 1.807) is 11.5 Å². The van der Waals surface area contributed by atoms with Crippen LogP contribution in [0.3, 0.4) is 0 Å². The first-order chi connectivity index (χ1) is 8.47. The molecule has 7 heteroatoms. The van der Waals surface area contributed by atoms with E-state index in [1.807, 2.05) is 13.8 Å². The molecule has 0 fully saturated rings. The minimum atomic E-state index is -0.425. The maximum absolute atomic E-state index is 10.8. The van der Waals surface area contributed by atoms with Crippen molar-refractivity contribution in [3.8, 4) is 0 Å². The topological polar surface area (TPSA) is 84.4 Å². The van der Waals surface area contributed by atoms with E-state index in [0.29, 0.717) is 31.5 Å². The first kappa shape index (κ1) is 14.6. The third kappa shape index (κ3) is 3.51. The molecule has 1 N–H and O–H groups in total. The van der Waals surface area contributed by atoms with Crippen LogP contribution in [-0.4, -0.2) is 50.2 Å². The Morgan fingerprint density at radius 1 is 1.56 bits per heavy atom. The Morgan fingerprint density at radius 2 is 2.22 bits per heavy atom. The first-order valence-electron chi connectivity index (χ1n) is 5.98. The number of aliphatic hydroxyl groups excluding tert-OH is 1. The average Bonchev–Trinajstić information content (AvgIpc) is 2.65. The van der Waals surface area contributed by atoms with Gasteiger partial charge in [-0.2, -0.15) is 0 Å². The molecule has 0 aromatic carbocycles. The lowest BCUT2D eigenvalue weighted by Crippen LogP contribution is -2.36. The minimum absolute atomic E-state index is 0.0141. The predicted molar refractivity (Wildman–Crippen MR) is 67.4 cm³/mol. The van der Waals surface area contributed by atoms with Gasteiger partial charge in [0.25, 0.3) is 0 Å². The lowest BCUT2D eigenvalue weighted by molar-refractivity contribution is -0.392. The van der Waals surface area contributed by atoms with Gasteiger partial charge in [0.1, 0.15) is 12.7 Å². The third-order valence-corrected chi connectivity index (χ3v) is 2.95. The van der Waals surface area contributed by atoms with Crippen molar-refractivity contribution in [1.82, 2.24) is 14.5 Å². The molecular formula is C11H20N4O3. The summed E-state index contributed by atoms with van der Waals surface area (Å²) >= 11 is 0. The number of aryl methyl sites for hydroxylation is 1. The molecule has 1 rings (SSSR count). The Morgan fingerprint density at radius 3 is 2.72 bits per heavy atom. The van der Waals surface area contributed by atoms with Crippen molar-refractivity contribution in [1.29, 1.82) is 0 Å². The van der Waals surface area contributed by atoms with Gasteiger partial charge in [-0.25, -0.2) is 9.55 Å². The summed E-state index contributed by atoms with van der Waals surface area (Å²) in [5, 5.41) is 19.8. The highest BCUT2D eigenvalue weighted by atomic mass is 16.6. The van der Waals surface area contributed by atoms with Crippen molar-refractivity contribution in [2.24, 2.45) is 0 Å². The van der Waals surface area contributed by atoms with E-state index in [1.165, 1.54) is 6.20 Å². The van der Waals surface area contributed by atoms with Gasteiger partial charge in [-0.05, 0) is 18.8 Å². The molecule has 1 aromatic heterocycles. The highest BCUT2D eigenvalue weighted by Gasteiger charge is 2.18. The Bertz CT molecular complexity index is 403. The van der Waals surface area contributed by atoms with Crippen LogP contribution in [0.1, 0.15) is 19.7 Å². The molecule has 0 aliphatic rings. The number of hydrogen-bond donors (Lipinski definition) is 1. The highest BCUT2D eigenvalue weighted by Crippen LogP contribution is 2.13. The lowest BCUT2D eigenvalue weighted by atomic mass is 10.3. The van der Waals surface area contributed by atoms with Gasteiger partial charge in [-0.3, -0.25) is 4.90 Å². The molecule has 7 nitrogen and oxygen atoms in total. The van der Waals surface area contributed by atoms with E-state index in [9.17, 15) is 10.1 Å². The Hall–Kier alpha value is -1.47. The van der Waals surface area contributed by atoms with E-state index in [0.717, 1.165) is 0 Å². The molecule has 0 unspecified atom stereocenters. The molecule has 102 valence electrons. The van der Waals surface area contributed by atoms with Gasteiger partial charge in [0, 0.05) is 26.1 Å². The summed E-state index contributed by atoms with van der Waals surface area (Å²) in [6, 6.07) is 0.292. The fraction of sp³-hybridized carbons (Fsp3) is 0.727. The zero-order valence-corrected chi connectivity index (χ0v) is 11.0. The number of nitrogens with zero attached hydrogens (tertiary/aromatic N) is 4. The van der Waals surface area contributed by atoms with Crippen molar-refractivity contribution >= 4 is 5.82 Å². The Labute approximate surface area is 106 Å². The van der Waals surface area contributed by atoms with Crippen LogP contribution in [0.2, 0.25) is 0 Å². The zero-order chi connectivity index (χ0) is 13.7. The van der Waals surface area contributed by atoms with E-state index in [4.69, 9.17) is 5.11 Å². The van der Waals surface area contributed by atoms with Gasteiger partial charge in [-0.1, -0.05) is 0 Å². The average molecular weight is 256 g/mol. The van der Waals surface area contributed by atoms with Gasteiger partial charge in [-0.15, -0.1) is 0 Å². The van der Waals surface area contributed by atoms with Crippen molar-refractivity contribution in [3.05, 3.63) is 22.1 Å². The maximum atomic E-state index is 10.8. The van der Waals surface area contributed by atoms with Crippen LogP contribution in [0.5, 0.6) is 0 Å². The number of rotatable bonds is 7. The normalized spacial score (nSPS) is 11.4. The van der Waals surface area contributed by atoms with Crippen molar-refractivity contribution in [2.75, 3.05) is 19.7 Å². The fourth-order valence-electron chi connectivity index (χ4n) is 1.86. The summed E-state index contributed by atoms with van der Waals surface area (Å²) in [4.78, 5) is 16.4. The molecule has 1 heterocycles. The molecule has 0 aliphatic heterocycles. The molecule has 18 heavy (non-hydrogen) atoms. The Balaban J connectivity index is 2.72. The van der Waals surface area contributed by atoms with Crippen molar-refractivity contribution in [2.45, 2.75) is 33.4 Å². The van der Waals surface area contributed by atoms with Gasteiger partial charge < -0.3 is 15.2 Å². The molecule has 0 aliphatic carbocycles. The molecule has 0 saturated heterocycles. The van der Waals surface area contributed by atoms with Crippen molar-refractivity contribution < 1.29 is 10.0 Å². The fourth-order valence-corrected chi connectivity index (χ4v) is 1.86. The van der Waals surface area contributed by atoms with E-state index in [2.05, 4.69) is 9.88 Å². The van der Waals surface area contributed by atoms with Gasteiger partial charge in [0.05, 0.1) is 6.61 Å². The summed E-state index contributed by atoms with van der Waals surface area (Å²) < 4.78 is 1.59. The predicted octanol–water partition coefficient (Wildman–Crippen LogP) is 0.802. The number of nitro groups is 1. The molecule has 0 amide bonds. The quantitative estimate of drug-likeness (QED) is 0.576. The van der Waals surface area contributed by atoms with E-state index >= 15 is 0 Å². The number of hydrogen-bond acceptors (Lipinski definition) is 5. The summed E-state index contributed by atoms with van der Waals surface area (Å²) in [7, 11) is 0. The van der Waals surface area contributed by atoms with E-state index in [-0.39, 0.29) is 12.4 Å². The number of aromatic nitrogens is 2. The molecule has 0 spiro atoms. The van der Waals surface area contributed by atoms with Crippen LogP contribution >= 0.6 is 0 Å². The van der Waals surface area contributed by atoms with Gasteiger partial charge >= 0.3 is 5.82 Å². The van der Waals surface area contributed by atoms with Crippen LogP contribution in [0.25, 0.3) is 0 Å². The van der Waals surface area contributed by atoms with Crippen LogP contribution in [0.4, 0.5) is 5.82 Å². The molecule has 0 atom stereocenters. The van der Waals surface area contributed by atoms with Crippen LogP contribution in [-0.2, 0) is 6.54 Å². The minimum Gasteiger partial charge on any atom is -0.395 e. The monoisotopic (exact) mass is 256 g/mol. The summed E-state index contributed by atoms with van der Waals surface area (Å²) in [5.74, 6) is 0.648. The van der Waals surface area contributed by atoms with Crippen LogP contribution in [0, 0.1) is 17.0 Å². The molecular weight excluding hydrogens is 236 g/mol. The second-order valence-electron chi connectivity index (χ2n) is 4.43. The third-order valence-electron chi connectivity index (χ3n) is 2.95. The van der Waals surface area contributed by atoms with E-state index < -0.39 is 4.92 Å². The smallest absolute Gasteiger partial charge is 0.342 e. The number of aliphatic hydroxyl groups is 1. The number of imidazole rings is 1. The first-order valence-corrected chi connectivity index (χ1v) is 5.98. The Kier molecular flexibility index (Phi) is 5.24. The second-order valence-corrected chi connectivity index (χ2v) is 4.43. The summed E-state index contributed by atoms with van der Waals surface area (Å²) in [6.07, 6.45) is 1.28. The molecule has 0 radical (unpaired) electrons. The lowest BCUT2D eigenvalue weighted by Gasteiger charge is -2.24.